The molecule has 3 aromatic rings. The summed E-state index contributed by atoms with van der Waals surface area (Å²) in [5, 5.41) is 13.0. The molecule has 1 aliphatic carbocycles. The fourth-order valence-electron chi connectivity index (χ4n) is 4.44. The van der Waals surface area contributed by atoms with E-state index in [1.165, 1.54) is 0 Å². The standard InChI is InChI=1S/C24H30N6O3/c1-16(31)17-14-27-24(28-15-17)29-18-2-4-20(5-3-18)33-22-13-19(30-8-10-32-11-9-30)12-21-23(22)26-7-6-25-21/h6-7,12-16,18,20,31H,2-5,8-11H2,1H3,(H,27,28,29)/t16?,18-,20+. The van der Waals surface area contributed by atoms with Crippen LogP contribution in [0.15, 0.2) is 36.9 Å². The number of nitrogens with one attached hydrogen (secondary N) is 1. The van der Waals surface area contributed by atoms with Crippen LogP contribution in [-0.4, -0.2) is 63.5 Å². The van der Waals surface area contributed by atoms with Gasteiger partial charge in [-0.1, -0.05) is 0 Å². The minimum Gasteiger partial charge on any atom is -0.488 e. The molecule has 0 spiro atoms. The van der Waals surface area contributed by atoms with Crippen molar-refractivity contribution in [3.63, 3.8) is 0 Å². The Morgan fingerprint density at radius 1 is 1.03 bits per heavy atom. The summed E-state index contributed by atoms with van der Waals surface area (Å²) in [6.07, 6.45) is 10.2. The molecule has 0 radical (unpaired) electrons. The quantitative estimate of drug-likeness (QED) is 0.586. The average Bonchev–Trinajstić information content (AvgIpc) is 2.86. The lowest BCUT2D eigenvalue weighted by Gasteiger charge is -2.31. The third kappa shape index (κ3) is 5.15. The van der Waals surface area contributed by atoms with Crippen LogP contribution in [0.1, 0.15) is 44.3 Å². The second-order valence-electron chi connectivity index (χ2n) is 8.72. The smallest absolute Gasteiger partial charge is 0.222 e. The van der Waals surface area contributed by atoms with E-state index < -0.39 is 6.10 Å². The first kappa shape index (κ1) is 21.8. The van der Waals surface area contributed by atoms with E-state index in [4.69, 9.17) is 9.47 Å². The summed E-state index contributed by atoms with van der Waals surface area (Å²) < 4.78 is 12.0. The summed E-state index contributed by atoms with van der Waals surface area (Å²) in [6, 6.07) is 4.49. The first-order valence-corrected chi connectivity index (χ1v) is 11.7. The first-order valence-electron chi connectivity index (χ1n) is 11.7. The Balaban J connectivity index is 1.24. The van der Waals surface area contributed by atoms with Gasteiger partial charge in [0.1, 0.15) is 11.3 Å². The van der Waals surface area contributed by atoms with E-state index in [9.17, 15) is 5.11 Å². The van der Waals surface area contributed by atoms with E-state index in [2.05, 4.69) is 42.3 Å². The van der Waals surface area contributed by atoms with E-state index in [0.717, 1.165) is 74.5 Å². The summed E-state index contributed by atoms with van der Waals surface area (Å²) in [7, 11) is 0. The van der Waals surface area contributed by atoms with Gasteiger partial charge in [-0.25, -0.2) is 15.0 Å². The summed E-state index contributed by atoms with van der Waals surface area (Å²) in [4.78, 5) is 20.0. The van der Waals surface area contributed by atoms with Crippen molar-refractivity contribution < 1.29 is 14.6 Å². The molecular weight excluding hydrogens is 420 g/mol. The summed E-state index contributed by atoms with van der Waals surface area (Å²) >= 11 is 0. The largest absolute Gasteiger partial charge is 0.488 e. The zero-order chi connectivity index (χ0) is 22.6. The number of aromatic nitrogens is 4. The van der Waals surface area contributed by atoms with Gasteiger partial charge in [0.05, 0.1) is 30.9 Å². The third-order valence-electron chi connectivity index (χ3n) is 6.36. The van der Waals surface area contributed by atoms with Crippen molar-refractivity contribution in [2.45, 2.75) is 50.9 Å². The highest BCUT2D eigenvalue weighted by Gasteiger charge is 2.24. The molecule has 1 aromatic carbocycles. The predicted octanol–water partition coefficient (Wildman–Crippen LogP) is 3.11. The Kier molecular flexibility index (Phi) is 6.50. The van der Waals surface area contributed by atoms with Gasteiger partial charge in [0.2, 0.25) is 5.95 Å². The Labute approximate surface area is 193 Å². The molecule has 1 aliphatic heterocycles. The lowest BCUT2D eigenvalue weighted by Crippen LogP contribution is -2.36. The number of aliphatic hydroxyl groups is 1. The maximum absolute atomic E-state index is 9.61. The van der Waals surface area contributed by atoms with Crippen LogP contribution in [0.4, 0.5) is 11.6 Å². The van der Waals surface area contributed by atoms with Crippen molar-refractivity contribution in [3.05, 3.63) is 42.5 Å². The molecule has 33 heavy (non-hydrogen) atoms. The SMILES string of the molecule is CC(O)c1cnc(N[C@H]2CC[C@@H](Oc3cc(N4CCOCC4)cc4nccnc34)CC2)nc1. The molecule has 9 nitrogen and oxygen atoms in total. The predicted molar refractivity (Wildman–Crippen MR) is 126 cm³/mol. The van der Waals surface area contributed by atoms with Crippen LogP contribution in [0.25, 0.3) is 11.0 Å². The van der Waals surface area contributed by atoms with Gasteiger partial charge in [0.25, 0.3) is 0 Å². The van der Waals surface area contributed by atoms with Gasteiger partial charge in [0.15, 0.2) is 0 Å². The van der Waals surface area contributed by atoms with E-state index in [1.54, 1.807) is 31.7 Å². The number of anilines is 2. The normalized spacial score (nSPS) is 22.2. The number of fused-ring (bicyclic) bond motifs is 1. The van der Waals surface area contributed by atoms with Crippen LogP contribution in [0, 0.1) is 0 Å². The molecule has 3 heterocycles. The lowest BCUT2D eigenvalue weighted by atomic mass is 9.93. The van der Waals surface area contributed by atoms with Crippen molar-refractivity contribution >= 4 is 22.7 Å². The van der Waals surface area contributed by atoms with Crippen molar-refractivity contribution in [1.29, 1.82) is 0 Å². The zero-order valence-corrected chi connectivity index (χ0v) is 18.9. The molecule has 174 valence electrons. The van der Waals surface area contributed by atoms with E-state index in [-0.39, 0.29) is 6.10 Å². The number of benzene rings is 1. The summed E-state index contributed by atoms with van der Waals surface area (Å²) in [6.45, 7) is 4.90. The zero-order valence-electron chi connectivity index (χ0n) is 18.9. The molecule has 2 aromatic heterocycles. The summed E-state index contributed by atoms with van der Waals surface area (Å²) in [5.41, 5.74) is 3.48. The summed E-state index contributed by atoms with van der Waals surface area (Å²) in [5.74, 6) is 1.40. The van der Waals surface area contributed by atoms with Crippen LogP contribution in [0.3, 0.4) is 0 Å². The van der Waals surface area contributed by atoms with Gasteiger partial charge < -0.3 is 24.8 Å². The molecule has 2 aliphatic rings. The number of hydrogen-bond donors (Lipinski definition) is 2. The Bertz CT molecular complexity index is 1060. The number of rotatable bonds is 6. The third-order valence-corrected chi connectivity index (χ3v) is 6.36. The Morgan fingerprint density at radius 2 is 1.76 bits per heavy atom. The van der Waals surface area contributed by atoms with Crippen LogP contribution < -0.4 is 15.0 Å². The number of hydrogen-bond acceptors (Lipinski definition) is 9. The number of aliphatic hydroxyl groups excluding tert-OH is 1. The highest BCUT2D eigenvalue weighted by atomic mass is 16.5. The Morgan fingerprint density at radius 3 is 2.48 bits per heavy atom. The Hall–Kier alpha value is -3.04. The number of ether oxygens (including phenoxy) is 2. The number of nitrogens with zero attached hydrogens (tertiary/aromatic N) is 5. The van der Waals surface area contributed by atoms with Crippen LogP contribution >= 0.6 is 0 Å². The lowest BCUT2D eigenvalue weighted by molar-refractivity contribution is 0.122. The van der Waals surface area contributed by atoms with Crippen LogP contribution in [-0.2, 0) is 4.74 Å². The fourth-order valence-corrected chi connectivity index (χ4v) is 4.44. The minimum absolute atomic E-state index is 0.131. The van der Waals surface area contributed by atoms with Gasteiger partial charge >= 0.3 is 0 Å². The number of morpholine rings is 1. The first-order chi connectivity index (χ1) is 16.2. The minimum atomic E-state index is -0.561. The van der Waals surface area contributed by atoms with E-state index in [0.29, 0.717) is 17.6 Å². The van der Waals surface area contributed by atoms with Crippen molar-refractivity contribution in [3.8, 4) is 5.75 Å². The molecule has 1 saturated carbocycles. The molecule has 0 amide bonds. The molecule has 1 saturated heterocycles. The molecule has 2 fully saturated rings. The molecule has 1 atom stereocenters. The van der Waals surface area contributed by atoms with Crippen LogP contribution in [0.5, 0.6) is 5.75 Å². The van der Waals surface area contributed by atoms with Gasteiger partial charge in [-0.3, -0.25) is 4.98 Å². The molecule has 0 bridgehead atoms. The molecule has 2 N–H and O–H groups in total. The average molecular weight is 451 g/mol. The van der Waals surface area contributed by atoms with Crippen molar-refractivity contribution in [2.24, 2.45) is 0 Å². The van der Waals surface area contributed by atoms with Gasteiger partial charge in [0, 0.05) is 61.2 Å². The molecule has 1 unspecified atom stereocenters. The monoisotopic (exact) mass is 450 g/mol. The highest BCUT2D eigenvalue weighted by molar-refractivity contribution is 5.85. The maximum atomic E-state index is 9.61. The van der Waals surface area contributed by atoms with Gasteiger partial charge in [-0.15, -0.1) is 0 Å². The second kappa shape index (κ2) is 9.84. The topological polar surface area (TPSA) is 106 Å². The van der Waals surface area contributed by atoms with E-state index >= 15 is 0 Å². The van der Waals surface area contributed by atoms with Crippen LogP contribution in [0.2, 0.25) is 0 Å². The van der Waals surface area contributed by atoms with Gasteiger partial charge in [-0.2, -0.15) is 0 Å². The molecular formula is C24H30N6O3. The van der Waals surface area contributed by atoms with Gasteiger partial charge in [-0.05, 0) is 38.7 Å². The van der Waals surface area contributed by atoms with Crippen molar-refractivity contribution in [2.75, 3.05) is 36.5 Å². The fraction of sp³-hybridized carbons (Fsp3) is 0.500. The maximum Gasteiger partial charge on any atom is 0.222 e. The second-order valence-corrected chi connectivity index (χ2v) is 8.72. The van der Waals surface area contributed by atoms with E-state index in [1.807, 2.05) is 0 Å². The highest BCUT2D eigenvalue weighted by Crippen LogP contribution is 2.33. The van der Waals surface area contributed by atoms with Crippen molar-refractivity contribution in [1.82, 2.24) is 19.9 Å². The molecule has 9 heteroatoms. The molecule has 5 rings (SSSR count).